The summed E-state index contributed by atoms with van der Waals surface area (Å²) in [5, 5.41) is 8.92. The quantitative estimate of drug-likeness (QED) is 0.722. The van der Waals surface area contributed by atoms with Crippen LogP contribution in [0.3, 0.4) is 0 Å². The fraction of sp³-hybridized carbons (Fsp3) is 0.500. The largest absolute Gasteiger partial charge is 0.495 e. The van der Waals surface area contributed by atoms with Crippen molar-refractivity contribution < 1.29 is 23.0 Å². The Morgan fingerprint density at radius 3 is 2.58 bits per heavy atom. The second-order valence-electron chi connectivity index (χ2n) is 3.94. The van der Waals surface area contributed by atoms with Crippen molar-refractivity contribution >= 4 is 10.0 Å². The fourth-order valence-corrected chi connectivity index (χ4v) is 3.08. The molecule has 0 aliphatic heterocycles. The van der Waals surface area contributed by atoms with Gasteiger partial charge in [0.2, 0.25) is 10.0 Å². The van der Waals surface area contributed by atoms with Gasteiger partial charge in [-0.05, 0) is 18.6 Å². The summed E-state index contributed by atoms with van der Waals surface area (Å²) < 4.78 is 36.9. The zero-order valence-electron chi connectivity index (χ0n) is 11.0. The van der Waals surface area contributed by atoms with Gasteiger partial charge in [0.25, 0.3) is 0 Å². The van der Waals surface area contributed by atoms with Crippen molar-refractivity contribution in [1.82, 2.24) is 4.72 Å². The third kappa shape index (κ3) is 4.46. The standard InChI is InChI=1S/C12H19NO5S/c1-17-9-10(7-8-14)13-19(15,16)12-6-4-3-5-11(12)18-2/h3-6,10,13-14H,7-9H2,1-2H3. The molecule has 1 rings (SSSR count). The molecule has 2 N–H and O–H groups in total. The first-order valence-corrected chi connectivity index (χ1v) is 7.28. The molecule has 108 valence electrons. The Hall–Kier alpha value is -1.15. The second-order valence-corrected chi connectivity index (χ2v) is 5.62. The van der Waals surface area contributed by atoms with Gasteiger partial charge in [-0.25, -0.2) is 13.1 Å². The summed E-state index contributed by atoms with van der Waals surface area (Å²) >= 11 is 0. The summed E-state index contributed by atoms with van der Waals surface area (Å²) in [6.45, 7) is 0.0669. The summed E-state index contributed by atoms with van der Waals surface area (Å²) in [6, 6.07) is 5.87. The number of rotatable bonds is 8. The molecule has 0 saturated carbocycles. The first kappa shape index (κ1) is 15.9. The Morgan fingerprint density at radius 1 is 1.32 bits per heavy atom. The number of ether oxygens (including phenoxy) is 2. The molecule has 1 aromatic carbocycles. The third-order valence-corrected chi connectivity index (χ3v) is 4.09. The van der Waals surface area contributed by atoms with Gasteiger partial charge < -0.3 is 14.6 Å². The molecule has 0 aliphatic carbocycles. The van der Waals surface area contributed by atoms with Crippen LogP contribution in [-0.2, 0) is 14.8 Å². The van der Waals surface area contributed by atoms with E-state index in [1.165, 1.54) is 20.3 Å². The summed E-state index contributed by atoms with van der Waals surface area (Å²) in [5.41, 5.74) is 0. The molecule has 19 heavy (non-hydrogen) atoms. The van der Waals surface area contributed by atoms with E-state index < -0.39 is 16.1 Å². The van der Waals surface area contributed by atoms with E-state index in [0.29, 0.717) is 0 Å². The second kappa shape index (κ2) is 7.44. The van der Waals surface area contributed by atoms with Crippen LogP contribution < -0.4 is 9.46 Å². The van der Waals surface area contributed by atoms with Crippen molar-refractivity contribution in [3.8, 4) is 5.75 Å². The summed E-state index contributed by atoms with van der Waals surface area (Å²) in [4.78, 5) is 0.0662. The SMILES string of the molecule is COCC(CCO)NS(=O)(=O)c1ccccc1OC. The number of aliphatic hydroxyl groups excluding tert-OH is 1. The Labute approximate surface area is 113 Å². The van der Waals surface area contributed by atoms with Crippen molar-refractivity contribution in [3.63, 3.8) is 0 Å². The van der Waals surface area contributed by atoms with Crippen LogP contribution in [0.15, 0.2) is 29.2 Å². The predicted octanol–water partition coefficient (Wildman–Crippen LogP) is 0.371. The average molecular weight is 289 g/mol. The molecule has 1 atom stereocenters. The first-order chi connectivity index (χ1) is 9.05. The van der Waals surface area contributed by atoms with E-state index in [1.807, 2.05) is 0 Å². The van der Waals surface area contributed by atoms with E-state index >= 15 is 0 Å². The summed E-state index contributed by atoms with van der Waals surface area (Å²) in [5.74, 6) is 0.273. The molecule has 0 spiro atoms. The summed E-state index contributed by atoms with van der Waals surface area (Å²) in [7, 11) is -0.827. The van der Waals surface area contributed by atoms with E-state index in [4.69, 9.17) is 14.6 Å². The lowest BCUT2D eigenvalue weighted by Gasteiger charge is -2.18. The van der Waals surface area contributed by atoms with E-state index in [2.05, 4.69) is 4.72 Å². The van der Waals surface area contributed by atoms with Crippen LogP contribution in [0, 0.1) is 0 Å². The number of hydrogen-bond donors (Lipinski definition) is 2. The van der Waals surface area contributed by atoms with Gasteiger partial charge in [0.05, 0.1) is 13.7 Å². The highest BCUT2D eigenvalue weighted by atomic mass is 32.2. The molecule has 1 unspecified atom stereocenters. The number of nitrogens with one attached hydrogen (secondary N) is 1. The minimum atomic E-state index is -3.71. The molecule has 0 heterocycles. The van der Waals surface area contributed by atoms with Crippen LogP contribution in [-0.4, -0.2) is 47.0 Å². The molecule has 6 nitrogen and oxygen atoms in total. The maximum Gasteiger partial charge on any atom is 0.244 e. The molecule has 0 saturated heterocycles. The van der Waals surface area contributed by atoms with Crippen LogP contribution in [0.5, 0.6) is 5.75 Å². The van der Waals surface area contributed by atoms with E-state index in [-0.39, 0.29) is 30.3 Å². The van der Waals surface area contributed by atoms with Gasteiger partial charge in [-0.15, -0.1) is 0 Å². The van der Waals surface area contributed by atoms with Gasteiger partial charge in [-0.3, -0.25) is 0 Å². The van der Waals surface area contributed by atoms with Gasteiger partial charge in [0.1, 0.15) is 10.6 Å². The Morgan fingerprint density at radius 2 is 2.00 bits per heavy atom. The molecule has 0 amide bonds. The highest BCUT2D eigenvalue weighted by molar-refractivity contribution is 7.89. The topological polar surface area (TPSA) is 84.9 Å². The number of sulfonamides is 1. The maximum atomic E-state index is 12.2. The minimum absolute atomic E-state index is 0.0662. The zero-order chi connectivity index (χ0) is 14.3. The monoisotopic (exact) mass is 289 g/mol. The zero-order valence-corrected chi connectivity index (χ0v) is 11.8. The van der Waals surface area contributed by atoms with Crippen molar-refractivity contribution in [2.24, 2.45) is 0 Å². The number of methoxy groups -OCH3 is 2. The lowest BCUT2D eigenvalue weighted by Crippen LogP contribution is -2.38. The van der Waals surface area contributed by atoms with Crippen LogP contribution >= 0.6 is 0 Å². The molecular formula is C12H19NO5S. The molecule has 0 aliphatic rings. The fourth-order valence-electron chi connectivity index (χ4n) is 1.66. The molecule has 0 aromatic heterocycles. The molecule has 0 radical (unpaired) electrons. The number of aliphatic hydroxyl groups is 1. The van der Waals surface area contributed by atoms with Crippen LogP contribution in [0.25, 0.3) is 0 Å². The lowest BCUT2D eigenvalue weighted by molar-refractivity contribution is 0.158. The van der Waals surface area contributed by atoms with Crippen molar-refractivity contribution in [3.05, 3.63) is 24.3 Å². The Bertz CT molecular complexity index is 483. The van der Waals surface area contributed by atoms with Gasteiger partial charge in [-0.1, -0.05) is 12.1 Å². The normalized spacial score (nSPS) is 13.2. The van der Waals surface area contributed by atoms with E-state index in [9.17, 15) is 8.42 Å². The summed E-state index contributed by atoms with van der Waals surface area (Å²) in [6.07, 6.45) is 0.280. The smallest absolute Gasteiger partial charge is 0.244 e. The molecule has 1 aromatic rings. The molecule has 0 fully saturated rings. The Kier molecular flexibility index (Phi) is 6.23. The predicted molar refractivity (Wildman–Crippen MR) is 70.7 cm³/mol. The van der Waals surface area contributed by atoms with E-state index in [0.717, 1.165) is 0 Å². The minimum Gasteiger partial charge on any atom is -0.495 e. The van der Waals surface area contributed by atoms with Crippen molar-refractivity contribution in [2.45, 2.75) is 17.4 Å². The van der Waals surface area contributed by atoms with Gasteiger partial charge in [-0.2, -0.15) is 0 Å². The third-order valence-electron chi connectivity index (χ3n) is 2.53. The first-order valence-electron chi connectivity index (χ1n) is 5.80. The highest BCUT2D eigenvalue weighted by Gasteiger charge is 2.22. The van der Waals surface area contributed by atoms with Gasteiger partial charge >= 0.3 is 0 Å². The number of benzene rings is 1. The van der Waals surface area contributed by atoms with Crippen LogP contribution in [0.1, 0.15) is 6.42 Å². The molecule has 0 bridgehead atoms. The van der Waals surface area contributed by atoms with Crippen molar-refractivity contribution in [2.75, 3.05) is 27.4 Å². The van der Waals surface area contributed by atoms with Gasteiger partial charge in [0, 0.05) is 19.8 Å². The van der Waals surface area contributed by atoms with E-state index in [1.54, 1.807) is 18.2 Å². The van der Waals surface area contributed by atoms with Crippen molar-refractivity contribution in [1.29, 1.82) is 0 Å². The molecule has 7 heteroatoms. The average Bonchev–Trinajstić information content (AvgIpc) is 2.39. The highest BCUT2D eigenvalue weighted by Crippen LogP contribution is 2.22. The lowest BCUT2D eigenvalue weighted by atomic mass is 10.2. The number of para-hydroxylation sites is 1. The number of hydrogen-bond acceptors (Lipinski definition) is 5. The van der Waals surface area contributed by atoms with Gasteiger partial charge in [0.15, 0.2) is 0 Å². The van der Waals surface area contributed by atoms with Crippen LogP contribution in [0.4, 0.5) is 0 Å². The molecular weight excluding hydrogens is 270 g/mol. The Balaban J connectivity index is 2.96. The maximum absolute atomic E-state index is 12.2. The van der Waals surface area contributed by atoms with Crippen LogP contribution in [0.2, 0.25) is 0 Å².